The highest BCUT2D eigenvalue weighted by molar-refractivity contribution is 5.79. The van der Waals surface area contributed by atoms with E-state index >= 15 is 0 Å². The van der Waals surface area contributed by atoms with Gasteiger partial charge in [0.2, 0.25) is 5.91 Å². The first-order valence-corrected chi connectivity index (χ1v) is 12.4. The minimum Gasteiger partial charge on any atom is -0.496 e. The summed E-state index contributed by atoms with van der Waals surface area (Å²) in [7, 11) is 1.56. The van der Waals surface area contributed by atoms with Gasteiger partial charge in [-0.25, -0.2) is 0 Å². The molecule has 2 rings (SSSR count). The van der Waals surface area contributed by atoms with Gasteiger partial charge >= 0.3 is 5.97 Å². The van der Waals surface area contributed by atoms with Crippen LogP contribution in [0.3, 0.4) is 0 Å². The summed E-state index contributed by atoms with van der Waals surface area (Å²) in [4.78, 5) is 24.6. The quantitative estimate of drug-likeness (QED) is 0.280. The number of allylic oxidation sites excluding steroid dienone is 2. The van der Waals surface area contributed by atoms with E-state index in [1.165, 1.54) is 0 Å². The number of benzene rings is 1. The lowest BCUT2D eigenvalue weighted by atomic mass is 9.63. The molecule has 1 aromatic rings. The Balaban J connectivity index is 2.00. The lowest BCUT2D eigenvalue weighted by Gasteiger charge is -2.41. The Morgan fingerprint density at radius 2 is 1.94 bits per heavy atom. The van der Waals surface area contributed by atoms with E-state index in [1.807, 2.05) is 18.2 Å². The Morgan fingerprint density at radius 1 is 1.21 bits per heavy atom. The summed E-state index contributed by atoms with van der Waals surface area (Å²) in [6.07, 6.45) is 12.5. The first-order chi connectivity index (χ1) is 15.8. The fourth-order valence-electron chi connectivity index (χ4n) is 4.90. The number of ether oxygens (including phenoxy) is 1. The van der Waals surface area contributed by atoms with E-state index in [-0.39, 0.29) is 5.91 Å². The van der Waals surface area contributed by atoms with Crippen molar-refractivity contribution >= 4 is 11.9 Å². The third-order valence-electron chi connectivity index (χ3n) is 6.76. The van der Waals surface area contributed by atoms with Gasteiger partial charge in [0.25, 0.3) is 0 Å². The maximum Gasteiger partial charge on any atom is 0.311 e. The number of carbonyl (C=O) groups is 2. The van der Waals surface area contributed by atoms with Gasteiger partial charge < -0.3 is 20.9 Å². The second-order valence-electron chi connectivity index (χ2n) is 9.67. The maximum atomic E-state index is 12.4. The molecule has 1 aromatic carbocycles. The summed E-state index contributed by atoms with van der Waals surface area (Å²) >= 11 is 0. The third-order valence-corrected chi connectivity index (χ3v) is 6.76. The highest BCUT2D eigenvalue weighted by Crippen LogP contribution is 2.49. The average molecular weight is 459 g/mol. The molecular weight excluding hydrogens is 416 g/mol. The molecule has 1 aliphatic carbocycles. The van der Waals surface area contributed by atoms with Crippen molar-refractivity contribution in [2.45, 2.75) is 84.1 Å². The second kappa shape index (κ2) is 13.4. The predicted molar refractivity (Wildman–Crippen MR) is 132 cm³/mol. The Hall–Kier alpha value is -2.34. The number of hydrogen-bond acceptors (Lipinski definition) is 4. The van der Waals surface area contributed by atoms with Gasteiger partial charge in [-0.1, -0.05) is 57.4 Å². The molecule has 0 saturated heterocycles. The van der Waals surface area contributed by atoms with Crippen molar-refractivity contribution < 1.29 is 19.4 Å². The standard InChI is InChI=1S/C27H42N2O4/c1-20(2)11-7-4-5-8-12-24(30)29-18-21-13-14-22(23(17-21)33-3)25(26(31)32)27(19-28)15-9-6-10-16-27/h7,11,13-14,17,20,25H,4-6,8-10,12,15-16,18-19,28H2,1-3H3,(H,29,30)(H,31,32)/b11-7+. The van der Waals surface area contributed by atoms with Crippen LogP contribution < -0.4 is 15.8 Å². The first kappa shape index (κ1) is 26.9. The molecule has 1 unspecified atom stereocenters. The van der Waals surface area contributed by atoms with Crippen LogP contribution in [0.15, 0.2) is 30.4 Å². The lowest BCUT2D eigenvalue weighted by Crippen LogP contribution is -2.42. The highest BCUT2D eigenvalue weighted by atomic mass is 16.5. The fourth-order valence-corrected chi connectivity index (χ4v) is 4.90. The number of hydrogen-bond donors (Lipinski definition) is 3. The van der Waals surface area contributed by atoms with Gasteiger partial charge in [0, 0.05) is 23.9 Å². The number of nitrogens with one attached hydrogen (secondary N) is 1. The van der Waals surface area contributed by atoms with Crippen molar-refractivity contribution in [1.82, 2.24) is 5.32 Å². The molecule has 0 aliphatic heterocycles. The molecular formula is C27H42N2O4. The van der Waals surface area contributed by atoms with Crippen LogP contribution in [0.1, 0.15) is 88.7 Å². The molecule has 1 fully saturated rings. The molecule has 6 heteroatoms. The van der Waals surface area contributed by atoms with E-state index in [2.05, 4.69) is 31.3 Å². The Labute approximate surface area is 199 Å². The Kier molecular flexibility index (Phi) is 10.9. The SMILES string of the molecule is COc1cc(CNC(=O)CCCC/C=C/C(C)C)ccc1C(C(=O)O)C1(CN)CCCCC1. The first-order valence-electron chi connectivity index (χ1n) is 12.4. The van der Waals surface area contributed by atoms with Gasteiger partial charge in [0.1, 0.15) is 5.75 Å². The number of amides is 1. The van der Waals surface area contributed by atoms with Crippen molar-refractivity contribution in [3.8, 4) is 5.75 Å². The number of nitrogens with two attached hydrogens (primary N) is 1. The highest BCUT2D eigenvalue weighted by Gasteiger charge is 2.45. The second-order valence-corrected chi connectivity index (χ2v) is 9.67. The lowest BCUT2D eigenvalue weighted by molar-refractivity contribution is -0.143. The average Bonchev–Trinajstić information content (AvgIpc) is 2.80. The molecule has 0 spiro atoms. The Bertz CT molecular complexity index is 797. The summed E-state index contributed by atoms with van der Waals surface area (Å²) in [5, 5.41) is 13.1. The molecule has 0 aromatic heterocycles. The zero-order chi connectivity index (χ0) is 24.3. The minimum absolute atomic E-state index is 0.0265. The number of rotatable bonds is 13. The van der Waals surface area contributed by atoms with Crippen LogP contribution in [0.2, 0.25) is 0 Å². The summed E-state index contributed by atoms with van der Waals surface area (Å²) in [6.45, 7) is 5.04. The molecule has 0 bridgehead atoms. The smallest absolute Gasteiger partial charge is 0.311 e. The van der Waals surface area contributed by atoms with Gasteiger partial charge in [-0.15, -0.1) is 0 Å². The van der Waals surface area contributed by atoms with E-state index in [0.717, 1.165) is 56.9 Å². The van der Waals surface area contributed by atoms with E-state index in [0.29, 0.717) is 36.7 Å². The summed E-state index contributed by atoms with van der Waals surface area (Å²) in [5.74, 6) is -0.426. The monoisotopic (exact) mass is 458 g/mol. The molecule has 33 heavy (non-hydrogen) atoms. The molecule has 0 heterocycles. The van der Waals surface area contributed by atoms with Crippen LogP contribution in [-0.4, -0.2) is 30.6 Å². The van der Waals surface area contributed by atoms with Crippen molar-refractivity contribution in [2.75, 3.05) is 13.7 Å². The summed E-state index contributed by atoms with van der Waals surface area (Å²) in [5.41, 5.74) is 7.25. The van der Waals surface area contributed by atoms with Gasteiger partial charge in [0.15, 0.2) is 0 Å². The van der Waals surface area contributed by atoms with Crippen LogP contribution in [0.5, 0.6) is 5.75 Å². The van der Waals surface area contributed by atoms with Crippen molar-refractivity contribution in [1.29, 1.82) is 0 Å². The van der Waals surface area contributed by atoms with Crippen LogP contribution in [0.25, 0.3) is 0 Å². The van der Waals surface area contributed by atoms with Crippen molar-refractivity contribution in [3.63, 3.8) is 0 Å². The molecule has 0 radical (unpaired) electrons. The van der Waals surface area contributed by atoms with Crippen LogP contribution >= 0.6 is 0 Å². The van der Waals surface area contributed by atoms with Crippen molar-refractivity contribution in [2.24, 2.45) is 17.1 Å². The Morgan fingerprint density at radius 3 is 2.55 bits per heavy atom. The third kappa shape index (κ3) is 7.88. The minimum atomic E-state index is -0.857. The van der Waals surface area contributed by atoms with Gasteiger partial charge in [-0.3, -0.25) is 9.59 Å². The zero-order valence-corrected chi connectivity index (χ0v) is 20.6. The molecule has 184 valence electrons. The number of carbonyl (C=O) groups excluding carboxylic acids is 1. The van der Waals surface area contributed by atoms with Crippen LogP contribution in [0.4, 0.5) is 0 Å². The molecule has 1 atom stereocenters. The molecule has 1 amide bonds. The summed E-state index contributed by atoms with van der Waals surface area (Å²) in [6, 6.07) is 5.57. The number of unbranched alkanes of at least 4 members (excludes halogenated alkanes) is 2. The topological polar surface area (TPSA) is 102 Å². The fraction of sp³-hybridized carbons (Fsp3) is 0.630. The number of aliphatic carboxylic acids is 1. The van der Waals surface area contributed by atoms with E-state index in [4.69, 9.17) is 10.5 Å². The van der Waals surface area contributed by atoms with Crippen LogP contribution in [-0.2, 0) is 16.1 Å². The van der Waals surface area contributed by atoms with E-state index < -0.39 is 17.3 Å². The predicted octanol–water partition coefficient (Wildman–Crippen LogP) is 5.16. The number of carboxylic acid groups (broad SMARTS) is 1. The van der Waals surface area contributed by atoms with Gasteiger partial charge in [-0.05, 0) is 56.2 Å². The normalized spacial score (nSPS) is 16.6. The van der Waals surface area contributed by atoms with Crippen LogP contribution in [0, 0.1) is 11.3 Å². The molecule has 1 aliphatic rings. The van der Waals surface area contributed by atoms with Gasteiger partial charge in [0.05, 0.1) is 13.0 Å². The number of methoxy groups -OCH3 is 1. The maximum absolute atomic E-state index is 12.4. The molecule has 4 N–H and O–H groups in total. The molecule has 6 nitrogen and oxygen atoms in total. The summed E-state index contributed by atoms with van der Waals surface area (Å²) < 4.78 is 5.60. The van der Waals surface area contributed by atoms with E-state index in [9.17, 15) is 14.7 Å². The van der Waals surface area contributed by atoms with Gasteiger partial charge in [-0.2, -0.15) is 0 Å². The largest absolute Gasteiger partial charge is 0.496 e. The molecule has 1 saturated carbocycles. The van der Waals surface area contributed by atoms with Crippen molar-refractivity contribution in [3.05, 3.63) is 41.5 Å². The van der Waals surface area contributed by atoms with E-state index in [1.54, 1.807) is 7.11 Å². The zero-order valence-electron chi connectivity index (χ0n) is 20.6. The number of carboxylic acids is 1.